The number of carbonyl (C=O) groups excluding carboxylic acids is 4. The summed E-state index contributed by atoms with van der Waals surface area (Å²) in [7, 11) is 1.62. The molecule has 2 N–H and O–H groups in total. The summed E-state index contributed by atoms with van der Waals surface area (Å²) in [5, 5.41) is 5.57. The largest absolute Gasteiger partial charge is 0.491 e. The van der Waals surface area contributed by atoms with Crippen molar-refractivity contribution in [2.45, 2.75) is 51.3 Å². The number of fused-ring (bicyclic) bond motifs is 4. The zero-order valence-electron chi connectivity index (χ0n) is 22.9. The monoisotopic (exact) mass is 536 g/mol. The van der Waals surface area contributed by atoms with Crippen LogP contribution >= 0.6 is 0 Å². The summed E-state index contributed by atoms with van der Waals surface area (Å²) in [6.45, 7) is 5.91. The summed E-state index contributed by atoms with van der Waals surface area (Å²) < 4.78 is 11.5. The van der Waals surface area contributed by atoms with E-state index in [0.29, 0.717) is 17.7 Å². The Bertz CT molecular complexity index is 1240. The maximum absolute atomic E-state index is 13.4. The highest BCUT2D eigenvalue weighted by Crippen LogP contribution is 2.34. The lowest BCUT2D eigenvalue weighted by Gasteiger charge is -2.28. The van der Waals surface area contributed by atoms with Crippen molar-refractivity contribution in [3.63, 3.8) is 0 Å². The van der Waals surface area contributed by atoms with Crippen LogP contribution in [-0.2, 0) is 14.3 Å². The molecule has 2 atom stereocenters. The first kappa shape index (κ1) is 27.9. The van der Waals surface area contributed by atoms with Crippen LogP contribution in [0.15, 0.2) is 48.5 Å². The second-order valence-corrected chi connectivity index (χ2v) is 10.9. The number of amides is 4. The fourth-order valence-corrected chi connectivity index (χ4v) is 4.87. The van der Waals surface area contributed by atoms with Crippen molar-refractivity contribution in [2.24, 2.45) is 0 Å². The van der Waals surface area contributed by atoms with E-state index in [-0.39, 0.29) is 56.6 Å². The van der Waals surface area contributed by atoms with Crippen LogP contribution in [0.4, 0.5) is 4.79 Å². The number of carbonyl (C=O) groups is 4. The van der Waals surface area contributed by atoms with Crippen molar-refractivity contribution in [1.29, 1.82) is 0 Å². The maximum Gasteiger partial charge on any atom is 0.315 e. The van der Waals surface area contributed by atoms with Gasteiger partial charge in [-0.3, -0.25) is 14.4 Å². The molecular formula is C29H36N4O6. The lowest BCUT2D eigenvalue weighted by Crippen LogP contribution is -2.47. The molecule has 0 radical (unpaired) electrons. The Morgan fingerprint density at radius 2 is 1.69 bits per heavy atom. The van der Waals surface area contributed by atoms with Crippen LogP contribution in [0.1, 0.15) is 44.0 Å². The number of urea groups is 1. The minimum absolute atomic E-state index is 0.0542. The minimum atomic E-state index is -0.586. The van der Waals surface area contributed by atoms with Crippen LogP contribution in [0.3, 0.4) is 0 Å². The first-order chi connectivity index (χ1) is 18.5. The smallest absolute Gasteiger partial charge is 0.315 e. The van der Waals surface area contributed by atoms with Gasteiger partial charge in [0.2, 0.25) is 5.91 Å². The first-order valence-electron chi connectivity index (χ1n) is 13.1. The fourth-order valence-electron chi connectivity index (χ4n) is 4.87. The van der Waals surface area contributed by atoms with Gasteiger partial charge in [-0.2, -0.15) is 0 Å². The van der Waals surface area contributed by atoms with Crippen molar-refractivity contribution in [1.82, 2.24) is 20.4 Å². The van der Waals surface area contributed by atoms with E-state index < -0.39 is 17.6 Å². The van der Waals surface area contributed by atoms with Gasteiger partial charge in [-0.05, 0) is 44.9 Å². The molecule has 0 bridgehead atoms. The van der Waals surface area contributed by atoms with Gasteiger partial charge >= 0.3 is 12.0 Å². The van der Waals surface area contributed by atoms with Crippen molar-refractivity contribution < 1.29 is 28.7 Å². The van der Waals surface area contributed by atoms with Crippen LogP contribution in [0.5, 0.6) is 5.75 Å². The number of nitrogens with zero attached hydrogens (tertiary/aromatic N) is 2. The van der Waals surface area contributed by atoms with Crippen molar-refractivity contribution >= 4 is 23.8 Å². The number of para-hydroxylation sites is 1. The van der Waals surface area contributed by atoms with Gasteiger partial charge in [-0.1, -0.05) is 36.4 Å². The molecule has 0 unspecified atom stereocenters. The second-order valence-electron chi connectivity index (χ2n) is 10.9. The Labute approximate surface area is 228 Å². The maximum atomic E-state index is 13.4. The van der Waals surface area contributed by atoms with Gasteiger partial charge in [-0.25, -0.2) is 4.79 Å². The van der Waals surface area contributed by atoms with E-state index in [1.54, 1.807) is 44.9 Å². The molecule has 2 aliphatic heterocycles. The molecule has 4 rings (SSSR count). The van der Waals surface area contributed by atoms with Gasteiger partial charge in [0.15, 0.2) is 0 Å². The molecule has 0 aromatic heterocycles. The summed E-state index contributed by atoms with van der Waals surface area (Å²) in [4.78, 5) is 54.2. The summed E-state index contributed by atoms with van der Waals surface area (Å²) in [5.74, 6) is -0.259. The Balaban J connectivity index is 1.45. The number of benzene rings is 2. The fraction of sp³-hybridized carbons (Fsp3) is 0.448. The summed E-state index contributed by atoms with van der Waals surface area (Å²) in [6.07, 6.45) is 0.542. The molecule has 2 heterocycles. The molecule has 10 heteroatoms. The Morgan fingerprint density at radius 3 is 2.41 bits per heavy atom. The SMILES string of the molecule is CN1CC(=O)N2C[C@H](NC(=O)NCCC(=O)OC(C)(C)C)C[C@H]2COc2ccccc2-c2ccccc2C1=O. The summed E-state index contributed by atoms with van der Waals surface area (Å²) >= 11 is 0. The number of hydrogen-bond donors (Lipinski definition) is 2. The minimum Gasteiger partial charge on any atom is -0.491 e. The van der Waals surface area contributed by atoms with Crippen LogP contribution in [0.2, 0.25) is 0 Å². The lowest BCUT2D eigenvalue weighted by atomic mass is 9.98. The average molecular weight is 537 g/mol. The van der Waals surface area contributed by atoms with Gasteiger partial charge in [0.05, 0.1) is 25.0 Å². The Hall–Kier alpha value is -4.08. The zero-order valence-corrected chi connectivity index (χ0v) is 22.9. The highest BCUT2D eigenvalue weighted by molar-refractivity contribution is 6.02. The standard InChI is InChI=1S/C29H36N4O6/c1-29(2,3)39-26(35)13-14-30-28(37)31-19-15-20-18-38-24-12-8-7-10-22(24)21-9-5-6-11-23(21)27(36)32(4)17-25(34)33(20)16-19/h5-12,19-20H,13-18H2,1-4H3,(H2,30,31,37)/t19-,20+/m1/s1. The topological polar surface area (TPSA) is 117 Å². The summed E-state index contributed by atoms with van der Waals surface area (Å²) in [6, 6.07) is 13.8. The number of rotatable bonds is 4. The van der Waals surface area contributed by atoms with E-state index in [4.69, 9.17) is 9.47 Å². The Morgan fingerprint density at radius 1 is 1.03 bits per heavy atom. The van der Waals surface area contributed by atoms with E-state index in [9.17, 15) is 19.2 Å². The first-order valence-corrected chi connectivity index (χ1v) is 13.1. The molecule has 208 valence electrons. The van der Waals surface area contributed by atoms with E-state index in [0.717, 1.165) is 11.1 Å². The van der Waals surface area contributed by atoms with Gasteiger partial charge in [0.1, 0.15) is 18.0 Å². The molecule has 2 aromatic rings. The normalized spacial score (nSPS) is 19.5. The van der Waals surface area contributed by atoms with Gasteiger partial charge < -0.3 is 29.9 Å². The molecule has 2 aromatic carbocycles. The molecule has 4 amide bonds. The third-order valence-electron chi connectivity index (χ3n) is 6.59. The predicted molar refractivity (Wildman–Crippen MR) is 145 cm³/mol. The quantitative estimate of drug-likeness (QED) is 0.581. The molecule has 1 saturated heterocycles. The predicted octanol–water partition coefficient (Wildman–Crippen LogP) is 2.82. The lowest BCUT2D eigenvalue weighted by molar-refractivity contribution is -0.154. The van der Waals surface area contributed by atoms with E-state index in [1.807, 2.05) is 36.4 Å². The number of hydrogen-bond acceptors (Lipinski definition) is 6. The van der Waals surface area contributed by atoms with Crippen LogP contribution in [0, 0.1) is 0 Å². The van der Waals surface area contributed by atoms with E-state index in [2.05, 4.69) is 10.6 Å². The van der Waals surface area contributed by atoms with Crippen LogP contribution in [0.25, 0.3) is 11.1 Å². The third kappa shape index (κ3) is 7.07. The molecular weight excluding hydrogens is 500 g/mol. The number of esters is 1. The molecule has 2 aliphatic rings. The third-order valence-corrected chi connectivity index (χ3v) is 6.59. The van der Waals surface area contributed by atoms with Gasteiger partial charge in [-0.15, -0.1) is 0 Å². The molecule has 0 aliphatic carbocycles. The molecule has 0 saturated carbocycles. The highest BCUT2D eigenvalue weighted by atomic mass is 16.6. The van der Waals surface area contributed by atoms with Gasteiger partial charge in [0, 0.05) is 31.3 Å². The van der Waals surface area contributed by atoms with Crippen LogP contribution in [-0.4, -0.2) is 84.6 Å². The Kier molecular flexibility index (Phi) is 8.42. The van der Waals surface area contributed by atoms with Crippen LogP contribution < -0.4 is 15.4 Å². The molecule has 39 heavy (non-hydrogen) atoms. The highest BCUT2D eigenvalue weighted by Gasteiger charge is 2.37. The number of ether oxygens (including phenoxy) is 2. The molecule has 1 fully saturated rings. The molecule has 0 spiro atoms. The van der Waals surface area contributed by atoms with E-state index >= 15 is 0 Å². The molecule has 10 nitrogen and oxygen atoms in total. The average Bonchev–Trinajstić information content (AvgIpc) is 3.28. The van der Waals surface area contributed by atoms with Crippen molar-refractivity contribution in [3.8, 4) is 16.9 Å². The zero-order chi connectivity index (χ0) is 28.2. The second kappa shape index (κ2) is 11.8. The van der Waals surface area contributed by atoms with Crippen molar-refractivity contribution in [3.05, 3.63) is 54.1 Å². The number of nitrogens with one attached hydrogen (secondary N) is 2. The summed E-state index contributed by atoms with van der Waals surface area (Å²) in [5.41, 5.74) is 1.44. The van der Waals surface area contributed by atoms with Gasteiger partial charge in [0.25, 0.3) is 5.91 Å². The number of likely N-dealkylation sites (N-methyl/N-ethyl adjacent to an activating group) is 1. The van der Waals surface area contributed by atoms with Crippen molar-refractivity contribution in [2.75, 3.05) is 33.3 Å². The van der Waals surface area contributed by atoms with E-state index in [1.165, 1.54) is 4.90 Å².